The Morgan fingerprint density at radius 3 is 2.96 bits per heavy atom. The second-order valence-electron chi connectivity index (χ2n) is 5.44. The third kappa shape index (κ3) is 8.19. The maximum atomic E-state index is 5.57. The summed E-state index contributed by atoms with van der Waals surface area (Å²) in [5, 5.41) is 6.51. The van der Waals surface area contributed by atoms with Crippen molar-refractivity contribution in [3.05, 3.63) is 40.2 Å². The van der Waals surface area contributed by atoms with E-state index in [-0.39, 0.29) is 24.0 Å². The average molecular weight is 478 g/mol. The third-order valence-electron chi connectivity index (χ3n) is 3.29. The van der Waals surface area contributed by atoms with E-state index in [4.69, 9.17) is 9.15 Å². The molecule has 6 nitrogen and oxygen atoms in total. The number of nitrogens with one attached hydrogen (secondary N) is 1. The number of hydrogen-bond acceptors (Lipinski definition) is 5. The number of hydrogen-bond donors (Lipinski definition) is 1. The zero-order valence-electron chi connectivity index (χ0n) is 15.0. The molecule has 0 fully saturated rings. The SMILES string of the molecule is CCNC(=NCCCOCc1ccco1)N(C)Cc1csc(C)n1.I. The molecule has 2 aromatic heterocycles. The van der Waals surface area contributed by atoms with Crippen LogP contribution in [0.5, 0.6) is 0 Å². The number of nitrogens with zero attached hydrogens (tertiary/aromatic N) is 3. The maximum absolute atomic E-state index is 5.57. The largest absolute Gasteiger partial charge is 0.467 e. The summed E-state index contributed by atoms with van der Waals surface area (Å²) in [6.07, 6.45) is 2.53. The second-order valence-corrected chi connectivity index (χ2v) is 6.50. The summed E-state index contributed by atoms with van der Waals surface area (Å²) >= 11 is 1.67. The first-order valence-corrected chi connectivity index (χ1v) is 9.07. The molecule has 1 N–H and O–H groups in total. The molecule has 2 rings (SSSR count). The normalized spacial score (nSPS) is 11.2. The van der Waals surface area contributed by atoms with Crippen LogP contribution in [0.15, 0.2) is 33.2 Å². The smallest absolute Gasteiger partial charge is 0.194 e. The lowest BCUT2D eigenvalue weighted by atomic mass is 10.4. The van der Waals surface area contributed by atoms with Crippen molar-refractivity contribution in [3.63, 3.8) is 0 Å². The predicted octanol–water partition coefficient (Wildman–Crippen LogP) is 3.67. The van der Waals surface area contributed by atoms with Gasteiger partial charge in [0.2, 0.25) is 0 Å². The van der Waals surface area contributed by atoms with E-state index in [1.165, 1.54) is 0 Å². The van der Waals surface area contributed by atoms with E-state index in [1.54, 1.807) is 17.6 Å². The van der Waals surface area contributed by atoms with Gasteiger partial charge in [-0.25, -0.2) is 4.98 Å². The molecule has 0 bridgehead atoms. The Hall–Kier alpha value is -1.13. The molecule has 8 heteroatoms. The van der Waals surface area contributed by atoms with Crippen LogP contribution in [0.3, 0.4) is 0 Å². The van der Waals surface area contributed by atoms with Crippen molar-refractivity contribution < 1.29 is 9.15 Å². The summed E-state index contributed by atoms with van der Waals surface area (Å²) in [6.45, 7) is 7.60. The van der Waals surface area contributed by atoms with Gasteiger partial charge in [-0.1, -0.05) is 0 Å². The van der Waals surface area contributed by atoms with Crippen molar-refractivity contribution in [2.45, 2.75) is 33.4 Å². The van der Waals surface area contributed by atoms with Crippen LogP contribution in [-0.4, -0.2) is 42.6 Å². The molecule has 0 aromatic carbocycles. The molecule has 0 unspecified atom stereocenters. The van der Waals surface area contributed by atoms with Gasteiger partial charge in [0.1, 0.15) is 12.4 Å². The van der Waals surface area contributed by atoms with E-state index in [0.717, 1.165) is 48.5 Å². The van der Waals surface area contributed by atoms with Crippen LogP contribution in [0.4, 0.5) is 0 Å². The molecule has 0 atom stereocenters. The number of ether oxygens (including phenoxy) is 1. The predicted molar refractivity (Wildman–Crippen MR) is 113 cm³/mol. The van der Waals surface area contributed by atoms with Crippen molar-refractivity contribution in [1.82, 2.24) is 15.2 Å². The topological polar surface area (TPSA) is 62.9 Å². The van der Waals surface area contributed by atoms with Crippen molar-refractivity contribution in [2.24, 2.45) is 4.99 Å². The Kier molecular flexibility index (Phi) is 10.7. The highest BCUT2D eigenvalue weighted by Gasteiger charge is 2.08. The maximum Gasteiger partial charge on any atom is 0.194 e. The van der Waals surface area contributed by atoms with Gasteiger partial charge in [0.15, 0.2) is 5.96 Å². The van der Waals surface area contributed by atoms with E-state index < -0.39 is 0 Å². The minimum atomic E-state index is 0. The van der Waals surface area contributed by atoms with E-state index in [1.807, 2.05) is 26.1 Å². The highest BCUT2D eigenvalue weighted by molar-refractivity contribution is 14.0. The number of aliphatic imine (C=N–C) groups is 1. The van der Waals surface area contributed by atoms with Gasteiger partial charge >= 0.3 is 0 Å². The average Bonchev–Trinajstić information content (AvgIpc) is 3.21. The molecule has 0 aliphatic carbocycles. The molecule has 0 saturated heterocycles. The van der Waals surface area contributed by atoms with E-state index in [2.05, 4.69) is 32.5 Å². The van der Waals surface area contributed by atoms with Crippen LogP contribution in [0.25, 0.3) is 0 Å². The number of rotatable bonds is 9. The minimum absolute atomic E-state index is 0. The lowest BCUT2D eigenvalue weighted by Crippen LogP contribution is -2.38. The van der Waals surface area contributed by atoms with Gasteiger partial charge in [-0.3, -0.25) is 4.99 Å². The minimum Gasteiger partial charge on any atom is -0.467 e. The fourth-order valence-electron chi connectivity index (χ4n) is 2.19. The standard InChI is InChI=1S/C17H26N4O2S.HI/c1-4-18-17(21(3)11-15-13-24-14(2)20-15)19-8-6-9-22-12-16-7-5-10-23-16;/h5,7,10,13H,4,6,8-9,11-12H2,1-3H3,(H,18,19);1H. The number of furan rings is 1. The highest BCUT2D eigenvalue weighted by Crippen LogP contribution is 2.09. The van der Waals surface area contributed by atoms with Crippen LogP contribution in [0, 0.1) is 6.92 Å². The number of aryl methyl sites for hydroxylation is 1. The highest BCUT2D eigenvalue weighted by atomic mass is 127. The molecule has 25 heavy (non-hydrogen) atoms. The Labute approximate surface area is 170 Å². The summed E-state index contributed by atoms with van der Waals surface area (Å²) < 4.78 is 10.8. The first kappa shape index (κ1) is 21.9. The number of halogens is 1. The molecule has 0 aliphatic heterocycles. The molecule has 0 spiro atoms. The van der Waals surface area contributed by atoms with Gasteiger partial charge in [0.05, 0.1) is 23.5 Å². The third-order valence-corrected chi connectivity index (χ3v) is 4.12. The Balaban J connectivity index is 0.00000312. The fraction of sp³-hybridized carbons (Fsp3) is 0.529. The summed E-state index contributed by atoms with van der Waals surface area (Å²) in [7, 11) is 2.03. The van der Waals surface area contributed by atoms with Gasteiger partial charge in [0.25, 0.3) is 0 Å². The molecule has 2 aromatic rings. The van der Waals surface area contributed by atoms with Gasteiger partial charge in [-0.05, 0) is 32.4 Å². The van der Waals surface area contributed by atoms with Gasteiger partial charge < -0.3 is 19.4 Å². The summed E-state index contributed by atoms with van der Waals surface area (Å²) in [5.74, 6) is 1.75. The molecule has 0 aliphatic rings. The monoisotopic (exact) mass is 478 g/mol. The lowest BCUT2D eigenvalue weighted by molar-refractivity contribution is 0.105. The van der Waals surface area contributed by atoms with Crippen LogP contribution in [0.2, 0.25) is 0 Å². The van der Waals surface area contributed by atoms with E-state index in [9.17, 15) is 0 Å². The molecular formula is C17H27IN4O2S. The summed E-state index contributed by atoms with van der Waals surface area (Å²) in [5.41, 5.74) is 1.08. The van der Waals surface area contributed by atoms with Crippen LogP contribution >= 0.6 is 35.3 Å². The van der Waals surface area contributed by atoms with Crippen LogP contribution in [-0.2, 0) is 17.9 Å². The number of aromatic nitrogens is 1. The molecule has 0 amide bonds. The van der Waals surface area contributed by atoms with Crippen LogP contribution < -0.4 is 5.32 Å². The Morgan fingerprint density at radius 2 is 2.32 bits per heavy atom. The summed E-state index contributed by atoms with van der Waals surface area (Å²) in [6, 6.07) is 3.78. The van der Waals surface area contributed by atoms with Crippen molar-refractivity contribution in [3.8, 4) is 0 Å². The molecule has 140 valence electrons. The quantitative estimate of drug-likeness (QED) is 0.258. The van der Waals surface area contributed by atoms with Crippen LogP contribution in [0.1, 0.15) is 29.8 Å². The number of guanidine groups is 1. The first-order valence-electron chi connectivity index (χ1n) is 8.19. The van der Waals surface area contributed by atoms with Crippen molar-refractivity contribution >= 4 is 41.3 Å². The van der Waals surface area contributed by atoms with E-state index in [0.29, 0.717) is 13.2 Å². The van der Waals surface area contributed by atoms with Gasteiger partial charge in [-0.2, -0.15) is 0 Å². The Bertz CT molecular complexity index is 616. The molecule has 0 radical (unpaired) electrons. The van der Waals surface area contributed by atoms with Gasteiger partial charge in [-0.15, -0.1) is 35.3 Å². The molecule has 2 heterocycles. The second kappa shape index (κ2) is 12.3. The van der Waals surface area contributed by atoms with E-state index >= 15 is 0 Å². The van der Waals surface area contributed by atoms with Gasteiger partial charge in [0, 0.05) is 32.1 Å². The molecular weight excluding hydrogens is 451 g/mol. The zero-order chi connectivity index (χ0) is 17.2. The van der Waals surface area contributed by atoms with Crippen molar-refractivity contribution in [1.29, 1.82) is 0 Å². The first-order chi connectivity index (χ1) is 11.7. The Morgan fingerprint density at radius 1 is 1.48 bits per heavy atom. The summed E-state index contributed by atoms with van der Waals surface area (Å²) in [4.78, 5) is 11.3. The molecule has 0 saturated carbocycles. The fourth-order valence-corrected chi connectivity index (χ4v) is 2.79. The zero-order valence-corrected chi connectivity index (χ0v) is 18.2. The lowest BCUT2D eigenvalue weighted by Gasteiger charge is -2.21. The van der Waals surface area contributed by atoms with Crippen molar-refractivity contribution in [2.75, 3.05) is 26.7 Å². The number of thiazole rings is 1.